The van der Waals surface area contributed by atoms with Gasteiger partial charge in [-0.15, -0.1) is 0 Å². The van der Waals surface area contributed by atoms with Gasteiger partial charge in [-0.25, -0.2) is 0 Å². The predicted octanol–water partition coefficient (Wildman–Crippen LogP) is 13.0. The zero-order valence-corrected chi connectivity index (χ0v) is 26.7. The van der Waals surface area contributed by atoms with Crippen LogP contribution in [0.1, 0.15) is 25.0 Å². The molecule has 0 saturated heterocycles. The maximum atomic E-state index is 2.45. The van der Waals surface area contributed by atoms with Crippen LogP contribution < -0.4 is 0 Å². The van der Waals surface area contributed by atoms with E-state index in [0.717, 1.165) is 0 Å². The first kappa shape index (κ1) is 27.6. The topological polar surface area (TPSA) is 0 Å². The fraction of sp³-hybridized carbons (Fsp3) is 0.0638. The van der Waals surface area contributed by atoms with Gasteiger partial charge in [0.2, 0.25) is 0 Å². The lowest BCUT2D eigenvalue weighted by Gasteiger charge is -2.23. The molecule has 8 aromatic rings. The molecule has 1 aliphatic rings. The van der Waals surface area contributed by atoms with Gasteiger partial charge in [-0.1, -0.05) is 172 Å². The summed E-state index contributed by atoms with van der Waals surface area (Å²) < 4.78 is 0. The molecule has 0 saturated carbocycles. The summed E-state index contributed by atoms with van der Waals surface area (Å²) in [5, 5.41) is 5.10. The molecule has 0 spiro atoms. The Morgan fingerprint density at radius 1 is 0.298 bits per heavy atom. The van der Waals surface area contributed by atoms with Crippen LogP contribution in [0, 0.1) is 0 Å². The summed E-state index contributed by atoms with van der Waals surface area (Å²) in [6, 6.07) is 62.6. The van der Waals surface area contributed by atoms with Gasteiger partial charge in [0.15, 0.2) is 0 Å². The Hall–Kier alpha value is -5.72. The Kier molecular flexibility index (Phi) is 6.27. The Balaban J connectivity index is 1.15. The molecular formula is C47H34. The second kappa shape index (κ2) is 10.7. The number of fused-ring (bicyclic) bond motifs is 5. The van der Waals surface area contributed by atoms with Crippen molar-refractivity contribution in [2.24, 2.45) is 0 Å². The standard InChI is InChI=1S/C47H34/c1-47(2)45-29-33(37-19-7-9-21-39(37)41-23-11-15-31-13-3-5-17-35(31)41)25-27-43(45)44-28-26-34(30-46(44)47)38-20-8-10-22-40(38)42-24-12-16-32-14-4-6-18-36(32)42/h3-30H,1-2H3. The van der Waals surface area contributed by atoms with Gasteiger partial charge >= 0.3 is 0 Å². The summed E-state index contributed by atoms with van der Waals surface area (Å²) >= 11 is 0. The van der Waals surface area contributed by atoms with Crippen molar-refractivity contribution in [3.8, 4) is 55.6 Å². The van der Waals surface area contributed by atoms with Gasteiger partial charge in [0.1, 0.15) is 0 Å². The first-order valence-electron chi connectivity index (χ1n) is 16.5. The van der Waals surface area contributed by atoms with E-state index in [4.69, 9.17) is 0 Å². The highest BCUT2D eigenvalue weighted by molar-refractivity contribution is 6.02. The lowest BCUT2D eigenvalue weighted by atomic mass is 9.80. The molecule has 1 aliphatic carbocycles. The Bertz CT molecular complexity index is 2310. The van der Waals surface area contributed by atoms with Crippen molar-refractivity contribution in [2.75, 3.05) is 0 Å². The smallest absolute Gasteiger partial charge is 0.0159 e. The molecular weight excluding hydrogens is 565 g/mol. The fourth-order valence-corrected chi connectivity index (χ4v) is 7.93. The Morgan fingerprint density at radius 2 is 0.660 bits per heavy atom. The minimum Gasteiger partial charge on any atom is -0.0616 e. The normalized spacial score (nSPS) is 13.1. The van der Waals surface area contributed by atoms with Crippen molar-refractivity contribution >= 4 is 21.5 Å². The van der Waals surface area contributed by atoms with E-state index >= 15 is 0 Å². The summed E-state index contributed by atoms with van der Waals surface area (Å²) in [4.78, 5) is 0. The van der Waals surface area contributed by atoms with Gasteiger partial charge in [-0.2, -0.15) is 0 Å². The predicted molar refractivity (Wildman–Crippen MR) is 201 cm³/mol. The molecule has 0 fully saturated rings. The molecule has 0 bridgehead atoms. The maximum Gasteiger partial charge on any atom is 0.0159 e. The highest BCUT2D eigenvalue weighted by atomic mass is 14.4. The van der Waals surface area contributed by atoms with Crippen molar-refractivity contribution in [1.29, 1.82) is 0 Å². The molecule has 0 nitrogen and oxygen atoms in total. The Labute approximate surface area is 276 Å². The van der Waals surface area contributed by atoms with Gasteiger partial charge in [0, 0.05) is 5.41 Å². The maximum absolute atomic E-state index is 2.45. The first-order chi connectivity index (χ1) is 23.1. The molecule has 0 unspecified atom stereocenters. The van der Waals surface area contributed by atoms with Gasteiger partial charge < -0.3 is 0 Å². The number of hydrogen-bond donors (Lipinski definition) is 0. The lowest BCUT2D eigenvalue weighted by Crippen LogP contribution is -2.15. The van der Waals surface area contributed by atoms with Crippen molar-refractivity contribution in [2.45, 2.75) is 19.3 Å². The lowest BCUT2D eigenvalue weighted by molar-refractivity contribution is 0.661. The summed E-state index contributed by atoms with van der Waals surface area (Å²) in [5.41, 5.74) is 15.4. The fourth-order valence-electron chi connectivity index (χ4n) is 7.93. The second-order valence-corrected chi connectivity index (χ2v) is 13.3. The third-order valence-electron chi connectivity index (χ3n) is 10.3. The third-order valence-corrected chi connectivity index (χ3v) is 10.3. The molecule has 47 heavy (non-hydrogen) atoms. The largest absolute Gasteiger partial charge is 0.0616 e. The van der Waals surface area contributed by atoms with Gasteiger partial charge in [0.05, 0.1) is 0 Å². The summed E-state index contributed by atoms with van der Waals surface area (Å²) in [6.07, 6.45) is 0. The summed E-state index contributed by atoms with van der Waals surface area (Å²) in [5.74, 6) is 0. The van der Waals surface area contributed by atoms with E-state index in [1.165, 1.54) is 88.3 Å². The second-order valence-electron chi connectivity index (χ2n) is 13.3. The van der Waals surface area contributed by atoms with Crippen LogP contribution in [0.25, 0.3) is 77.2 Å². The van der Waals surface area contributed by atoms with Crippen molar-refractivity contribution in [3.63, 3.8) is 0 Å². The van der Waals surface area contributed by atoms with Crippen LogP contribution in [0.15, 0.2) is 170 Å². The van der Waals surface area contributed by atoms with E-state index in [1.807, 2.05) is 0 Å². The van der Waals surface area contributed by atoms with Gasteiger partial charge in [-0.05, 0) is 100 Å². The Morgan fingerprint density at radius 3 is 1.13 bits per heavy atom. The highest BCUT2D eigenvalue weighted by Crippen LogP contribution is 2.51. The van der Waals surface area contributed by atoms with Gasteiger partial charge in [0.25, 0.3) is 0 Å². The van der Waals surface area contributed by atoms with E-state index in [-0.39, 0.29) is 5.41 Å². The average molecular weight is 599 g/mol. The number of hydrogen-bond acceptors (Lipinski definition) is 0. The van der Waals surface area contributed by atoms with E-state index < -0.39 is 0 Å². The quantitative estimate of drug-likeness (QED) is 0.189. The first-order valence-corrected chi connectivity index (χ1v) is 16.5. The van der Waals surface area contributed by atoms with Crippen LogP contribution in [0.5, 0.6) is 0 Å². The molecule has 0 radical (unpaired) electrons. The van der Waals surface area contributed by atoms with E-state index in [1.54, 1.807) is 0 Å². The average Bonchev–Trinajstić information content (AvgIpc) is 3.36. The van der Waals surface area contributed by atoms with Crippen LogP contribution in [0.2, 0.25) is 0 Å². The number of benzene rings is 8. The molecule has 0 atom stereocenters. The van der Waals surface area contributed by atoms with Crippen LogP contribution in [-0.2, 0) is 5.41 Å². The zero-order chi connectivity index (χ0) is 31.5. The van der Waals surface area contributed by atoms with Crippen LogP contribution in [0.3, 0.4) is 0 Å². The van der Waals surface area contributed by atoms with E-state index in [9.17, 15) is 0 Å². The molecule has 0 heteroatoms. The molecule has 0 amide bonds. The van der Waals surface area contributed by atoms with Crippen molar-refractivity contribution in [3.05, 3.63) is 181 Å². The van der Waals surface area contributed by atoms with Crippen molar-refractivity contribution in [1.82, 2.24) is 0 Å². The molecule has 8 aromatic carbocycles. The van der Waals surface area contributed by atoms with E-state index in [0.29, 0.717) is 0 Å². The van der Waals surface area contributed by atoms with Crippen LogP contribution in [0.4, 0.5) is 0 Å². The third kappa shape index (κ3) is 4.37. The molecule has 222 valence electrons. The molecule has 0 N–H and O–H groups in total. The van der Waals surface area contributed by atoms with Crippen molar-refractivity contribution < 1.29 is 0 Å². The molecule has 9 rings (SSSR count). The van der Waals surface area contributed by atoms with Gasteiger partial charge in [-0.3, -0.25) is 0 Å². The number of rotatable bonds is 4. The minimum absolute atomic E-state index is 0.139. The van der Waals surface area contributed by atoms with Crippen LogP contribution in [-0.4, -0.2) is 0 Å². The zero-order valence-electron chi connectivity index (χ0n) is 26.7. The van der Waals surface area contributed by atoms with E-state index in [2.05, 4.69) is 184 Å². The highest BCUT2D eigenvalue weighted by Gasteiger charge is 2.36. The molecule has 0 heterocycles. The summed E-state index contributed by atoms with van der Waals surface area (Å²) in [7, 11) is 0. The monoisotopic (exact) mass is 598 g/mol. The van der Waals surface area contributed by atoms with Crippen LogP contribution >= 0.6 is 0 Å². The molecule has 0 aromatic heterocycles. The minimum atomic E-state index is -0.139. The summed E-state index contributed by atoms with van der Waals surface area (Å²) in [6.45, 7) is 4.77. The SMILES string of the molecule is CC1(C)c2cc(-c3ccccc3-c3cccc4ccccc34)ccc2-c2ccc(-c3ccccc3-c3cccc4ccccc34)cc21. The molecule has 0 aliphatic heterocycles.